The van der Waals surface area contributed by atoms with Crippen LogP contribution >= 0.6 is 11.3 Å². The number of nitrogens with zero attached hydrogens (tertiary/aromatic N) is 3. The highest BCUT2D eigenvalue weighted by atomic mass is 32.1. The Bertz CT molecular complexity index is 1820. The van der Waals surface area contributed by atoms with E-state index in [1.54, 1.807) is 17.5 Å². The fourth-order valence-corrected chi connectivity index (χ4v) is 6.49. The second-order valence-corrected chi connectivity index (χ2v) is 11.6. The van der Waals surface area contributed by atoms with Gasteiger partial charge in [-0.15, -0.1) is 11.3 Å². The summed E-state index contributed by atoms with van der Waals surface area (Å²) < 4.78 is 0. The third kappa shape index (κ3) is 4.51. The number of pyridine rings is 2. The number of H-pyrrole nitrogens is 2. The van der Waals surface area contributed by atoms with E-state index in [1.165, 1.54) is 11.3 Å². The molecule has 6 aromatic rings. The van der Waals surface area contributed by atoms with Gasteiger partial charge in [0.15, 0.2) is 0 Å². The number of carbonyl (C=O) groups excluding carboxylic acids is 1. The van der Waals surface area contributed by atoms with Gasteiger partial charge in [-0.3, -0.25) is 19.9 Å². The first-order valence-corrected chi connectivity index (χ1v) is 14.2. The van der Waals surface area contributed by atoms with E-state index in [4.69, 9.17) is 0 Å². The molecular weight excluding hydrogens is 504 g/mol. The zero-order chi connectivity index (χ0) is 26.3. The van der Waals surface area contributed by atoms with Crippen molar-refractivity contribution in [1.29, 1.82) is 0 Å². The lowest BCUT2D eigenvalue weighted by Gasteiger charge is -2.20. The number of carbonyl (C=O) groups is 1. The minimum absolute atomic E-state index is 0.100. The van der Waals surface area contributed by atoms with Gasteiger partial charge in [0.25, 0.3) is 0 Å². The summed E-state index contributed by atoms with van der Waals surface area (Å²) in [6, 6.07) is 16.6. The Morgan fingerprint density at radius 1 is 0.923 bits per heavy atom. The van der Waals surface area contributed by atoms with E-state index in [0.29, 0.717) is 0 Å². The highest BCUT2D eigenvalue weighted by Crippen LogP contribution is 2.36. The number of thiophene rings is 1. The monoisotopic (exact) mass is 532 g/mol. The van der Waals surface area contributed by atoms with E-state index >= 15 is 0 Å². The van der Waals surface area contributed by atoms with Crippen molar-refractivity contribution in [3.05, 3.63) is 72.0 Å². The van der Waals surface area contributed by atoms with E-state index in [0.717, 1.165) is 86.3 Å². The van der Waals surface area contributed by atoms with Crippen LogP contribution in [0.3, 0.4) is 0 Å². The van der Waals surface area contributed by atoms with Crippen LogP contribution in [0, 0.1) is 12.8 Å². The van der Waals surface area contributed by atoms with Crippen LogP contribution in [0.1, 0.15) is 37.0 Å². The molecule has 194 valence electrons. The van der Waals surface area contributed by atoms with Crippen molar-refractivity contribution < 1.29 is 4.79 Å². The molecule has 1 aromatic carbocycles. The van der Waals surface area contributed by atoms with Crippen LogP contribution in [0.4, 0.5) is 5.69 Å². The molecule has 1 amide bonds. The van der Waals surface area contributed by atoms with Crippen molar-refractivity contribution >= 4 is 44.7 Å². The molecule has 0 saturated heterocycles. The highest BCUT2D eigenvalue weighted by Gasteiger charge is 2.21. The molecule has 0 bridgehead atoms. The van der Waals surface area contributed by atoms with Gasteiger partial charge in [-0.25, -0.2) is 0 Å². The summed E-state index contributed by atoms with van der Waals surface area (Å²) in [4.78, 5) is 27.9. The van der Waals surface area contributed by atoms with Crippen LogP contribution < -0.4 is 5.32 Å². The molecule has 0 spiro atoms. The number of rotatable bonds is 5. The van der Waals surface area contributed by atoms with Gasteiger partial charge in [-0.2, -0.15) is 5.10 Å². The van der Waals surface area contributed by atoms with Crippen LogP contribution in [0.5, 0.6) is 0 Å². The number of hydrogen-bond donors (Lipinski definition) is 3. The maximum absolute atomic E-state index is 12.8. The van der Waals surface area contributed by atoms with Crippen LogP contribution in [0.25, 0.3) is 54.9 Å². The van der Waals surface area contributed by atoms with Gasteiger partial charge in [0, 0.05) is 45.0 Å². The Kier molecular flexibility index (Phi) is 5.97. The smallest absolute Gasteiger partial charge is 0.227 e. The molecule has 39 heavy (non-hydrogen) atoms. The quantitative estimate of drug-likeness (QED) is 0.212. The molecule has 7 rings (SSSR count). The van der Waals surface area contributed by atoms with E-state index in [9.17, 15) is 4.79 Å². The molecule has 5 aromatic heterocycles. The van der Waals surface area contributed by atoms with Gasteiger partial charge in [0.2, 0.25) is 5.91 Å². The zero-order valence-electron chi connectivity index (χ0n) is 21.6. The van der Waals surface area contributed by atoms with Gasteiger partial charge in [-0.1, -0.05) is 25.3 Å². The third-order valence-electron chi connectivity index (χ3n) is 7.65. The third-order valence-corrected chi connectivity index (χ3v) is 8.66. The SMILES string of the molecule is Cc1ccc(-c2nccc3[nH]c(-c4n[nH]c5ccc(-c6cncc(NC(=O)C7CCCCC7)c6)cc45)cc23)s1. The van der Waals surface area contributed by atoms with Gasteiger partial charge in [-0.05, 0) is 67.8 Å². The van der Waals surface area contributed by atoms with Crippen LogP contribution in [0.2, 0.25) is 0 Å². The average Bonchev–Trinajstić information content (AvgIpc) is 3.71. The van der Waals surface area contributed by atoms with E-state index < -0.39 is 0 Å². The Hall–Kier alpha value is -4.30. The second kappa shape index (κ2) is 9.78. The van der Waals surface area contributed by atoms with Crippen molar-refractivity contribution in [1.82, 2.24) is 25.1 Å². The summed E-state index contributed by atoms with van der Waals surface area (Å²) >= 11 is 1.75. The number of anilines is 1. The Labute approximate surface area is 229 Å². The second-order valence-electron chi connectivity index (χ2n) is 10.3. The number of aromatic nitrogens is 5. The molecular formula is C31H28N6OS. The van der Waals surface area contributed by atoms with Crippen molar-refractivity contribution in [3.63, 3.8) is 0 Å². The van der Waals surface area contributed by atoms with Gasteiger partial charge >= 0.3 is 0 Å². The molecule has 0 unspecified atom stereocenters. The minimum atomic E-state index is 0.100. The molecule has 1 aliphatic carbocycles. The first-order valence-electron chi connectivity index (χ1n) is 13.4. The summed E-state index contributed by atoms with van der Waals surface area (Å²) in [7, 11) is 0. The zero-order valence-corrected chi connectivity index (χ0v) is 22.4. The molecule has 0 radical (unpaired) electrons. The molecule has 1 fully saturated rings. The lowest BCUT2D eigenvalue weighted by molar-refractivity contribution is -0.120. The van der Waals surface area contributed by atoms with E-state index in [1.807, 2.05) is 30.6 Å². The molecule has 8 heteroatoms. The Balaban J connectivity index is 1.22. The first-order chi connectivity index (χ1) is 19.1. The molecule has 1 aliphatic rings. The lowest BCUT2D eigenvalue weighted by Crippen LogP contribution is -2.24. The number of benzene rings is 1. The highest BCUT2D eigenvalue weighted by molar-refractivity contribution is 7.15. The van der Waals surface area contributed by atoms with Crippen molar-refractivity contribution in [3.8, 4) is 33.1 Å². The van der Waals surface area contributed by atoms with Gasteiger partial charge in [0.1, 0.15) is 5.69 Å². The standard InChI is InChI=1S/C31H28N6OS/c1-18-7-10-28(39-18)30-24-15-27(35-25(24)11-12-33-30)29-23-14-20(8-9-26(23)36-37-29)21-13-22(17-32-16-21)34-31(38)19-5-3-2-4-6-19/h7-17,19,35H,2-6H2,1H3,(H,34,38)(H,36,37). The van der Waals surface area contributed by atoms with Crippen molar-refractivity contribution in [2.75, 3.05) is 5.32 Å². The predicted molar refractivity (Wildman–Crippen MR) is 158 cm³/mol. The number of aryl methyl sites for hydroxylation is 1. The molecule has 1 saturated carbocycles. The summed E-state index contributed by atoms with van der Waals surface area (Å²) in [5.74, 6) is 0.203. The van der Waals surface area contributed by atoms with Crippen LogP contribution in [-0.4, -0.2) is 31.1 Å². The minimum Gasteiger partial charge on any atom is -0.353 e. The number of hydrogen-bond acceptors (Lipinski definition) is 5. The molecule has 7 nitrogen and oxygen atoms in total. The summed E-state index contributed by atoms with van der Waals surface area (Å²) in [5, 5.41) is 13.0. The number of aromatic amines is 2. The first kappa shape index (κ1) is 23.8. The van der Waals surface area contributed by atoms with Crippen LogP contribution in [-0.2, 0) is 4.79 Å². The number of nitrogens with one attached hydrogen (secondary N) is 3. The van der Waals surface area contributed by atoms with Crippen molar-refractivity contribution in [2.45, 2.75) is 39.0 Å². The van der Waals surface area contributed by atoms with E-state index in [2.05, 4.69) is 67.7 Å². The fourth-order valence-electron chi connectivity index (χ4n) is 5.61. The number of fused-ring (bicyclic) bond motifs is 2. The fraction of sp³-hybridized carbons (Fsp3) is 0.226. The largest absolute Gasteiger partial charge is 0.353 e. The lowest BCUT2D eigenvalue weighted by atomic mass is 9.88. The maximum atomic E-state index is 12.8. The molecule has 0 aliphatic heterocycles. The van der Waals surface area contributed by atoms with Crippen LogP contribution in [0.15, 0.2) is 67.1 Å². The topological polar surface area (TPSA) is 99.3 Å². The molecule has 3 N–H and O–H groups in total. The average molecular weight is 533 g/mol. The van der Waals surface area contributed by atoms with E-state index in [-0.39, 0.29) is 11.8 Å². The summed E-state index contributed by atoms with van der Waals surface area (Å²) in [6.07, 6.45) is 10.8. The normalized spacial score (nSPS) is 14.3. The predicted octanol–water partition coefficient (Wildman–Crippen LogP) is 7.72. The van der Waals surface area contributed by atoms with Gasteiger partial charge in [0.05, 0.1) is 33.7 Å². The Morgan fingerprint density at radius 3 is 2.64 bits per heavy atom. The summed E-state index contributed by atoms with van der Waals surface area (Å²) in [6.45, 7) is 2.11. The van der Waals surface area contributed by atoms with Crippen molar-refractivity contribution in [2.24, 2.45) is 5.92 Å². The number of amides is 1. The Morgan fingerprint density at radius 2 is 1.79 bits per heavy atom. The van der Waals surface area contributed by atoms with Gasteiger partial charge < -0.3 is 10.3 Å². The maximum Gasteiger partial charge on any atom is 0.227 e. The molecule has 5 heterocycles. The molecule has 0 atom stereocenters. The summed E-state index contributed by atoms with van der Waals surface area (Å²) in [5.41, 5.74) is 7.43.